The van der Waals surface area contributed by atoms with Crippen LogP contribution in [0, 0.1) is 19.8 Å². The second-order valence-corrected chi connectivity index (χ2v) is 5.90. The summed E-state index contributed by atoms with van der Waals surface area (Å²) in [6, 6.07) is 0.234. The molecule has 17 heavy (non-hydrogen) atoms. The van der Waals surface area contributed by atoms with Crippen LogP contribution >= 0.6 is 11.3 Å². The molecule has 2 atom stereocenters. The first-order valence-electron chi connectivity index (χ1n) is 6.03. The summed E-state index contributed by atoms with van der Waals surface area (Å²) in [5.41, 5.74) is 0.835. The van der Waals surface area contributed by atoms with Crippen LogP contribution in [0.25, 0.3) is 0 Å². The van der Waals surface area contributed by atoms with Crippen LogP contribution in [-0.4, -0.2) is 30.0 Å². The molecule has 2 heterocycles. The van der Waals surface area contributed by atoms with Crippen LogP contribution < -0.4 is 10.6 Å². The van der Waals surface area contributed by atoms with Crippen LogP contribution in [0.15, 0.2) is 0 Å². The van der Waals surface area contributed by atoms with Crippen molar-refractivity contribution in [2.75, 3.05) is 13.1 Å². The van der Waals surface area contributed by atoms with Crippen molar-refractivity contribution in [3.8, 4) is 0 Å². The average Bonchev–Trinajstić information content (AvgIpc) is 2.61. The molecule has 1 aliphatic heterocycles. The van der Waals surface area contributed by atoms with Gasteiger partial charge in [0, 0.05) is 12.6 Å². The molecule has 2 rings (SSSR count). The third-order valence-electron chi connectivity index (χ3n) is 3.25. The second kappa shape index (κ2) is 5.14. The third kappa shape index (κ3) is 2.84. The maximum atomic E-state index is 12.1. The number of hydrogen-bond donors (Lipinski definition) is 2. The van der Waals surface area contributed by atoms with Gasteiger partial charge in [-0.1, -0.05) is 6.92 Å². The smallest absolute Gasteiger partial charge is 0.263 e. The molecule has 0 aromatic carbocycles. The molecule has 0 saturated carbocycles. The standard InChI is InChI=1S/C12H19N3OS/c1-7-4-5-13-6-10(7)15-12(16)11-8(2)14-9(3)17-11/h7,10,13H,4-6H2,1-3H3,(H,15,16). The number of thiazole rings is 1. The van der Waals surface area contributed by atoms with Crippen LogP contribution in [0.3, 0.4) is 0 Å². The van der Waals surface area contributed by atoms with Crippen molar-refractivity contribution in [3.63, 3.8) is 0 Å². The fraction of sp³-hybridized carbons (Fsp3) is 0.667. The Labute approximate surface area is 106 Å². The highest BCUT2D eigenvalue weighted by Gasteiger charge is 2.24. The van der Waals surface area contributed by atoms with Crippen molar-refractivity contribution in [3.05, 3.63) is 15.6 Å². The molecule has 1 saturated heterocycles. The van der Waals surface area contributed by atoms with Crippen LogP contribution in [0.5, 0.6) is 0 Å². The van der Waals surface area contributed by atoms with Crippen LogP contribution in [0.1, 0.15) is 33.7 Å². The third-order valence-corrected chi connectivity index (χ3v) is 4.33. The Bertz CT molecular complexity index is 416. The van der Waals surface area contributed by atoms with E-state index >= 15 is 0 Å². The summed E-state index contributed by atoms with van der Waals surface area (Å²) < 4.78 is 0. The van der Waals surface area contributed by atoms with E-state index in [0.717, 1.165) is 35.1 Å². The molecule has 0 radical (unpaired) electrons. The lowest BCUT2D eigenvalue weighted by Gasteiger charge is -2.30. The van der Waals surface area contributed by atoms with Gasteiger partial charge in [-0.3, -0.25) is 4.79 Å². The van der Waals surface area contributed by atoms with E-state index in [1.165, 1.54) is 11.3 Å². The molecule has 1 fully saturated rings. The van der Waals surface area contributed by atoms with Crippen molar-refractivity contribution >= 4 is 17.2 Å². The fourth-order valence-corrected chi connectivity index (χ4v) is 2.98. The molecule has 1 aromatic heterocycles. The van der Waals surface area contributed by atoms with Gasteiger partial charge >= 0.3 is 0 Å². The number of piperidine rings is 1. The Morgan fingerprint density at radius 1 is 1.53 bits per heavy atom. The van der Waals surface area contributed by atoms with E-state index in [1.807, 2.05) is 13.8 Å². The molecule has 94 valence electrons. The highest BCUT2D eigenvalue weighted by Crippen LogP contribution is 2.18. The number of rotatable bonds is 2. The molecule has 1 aromatic rings. The molecule has 1 aliphatic rings. The summed E-state index contributed by atoms with van der Waals surface area (Å²) in [6.45, 7) is 7.92. The average molecular weight is 253 g/mol. The molecule has 0 spiro atoms. The zero-order chi connectivity index (χ0) is 12.4. The van der Waals surface area contributed by atoms with Crippen LogP contribution in [-0.2, 0) is 0 Å². The number of carbonyl (C=O) groups is 1. The number of aryl methyl sites for hydroxylation is 2. The maximum absolute atomic E-state index is 12.1. The lowest BCUT2D eigenvalue weighted by atomic mass is 9.95. The quantitative estimate of drug-likeness (QED) is 0.839. The van der Waals surface area contributed by atoms with E-state index in [4.69, 9.17) is 0 Å². The van der Waals surface area contributed by atoms with Gasteiger partial charge in [-0.05, 0) is 32.7 Å². The predicted molar refractivity (Wildman–Crippen MR) is 69.5 cm³/mol. The number of nitrogens with zero attached hydrogens (tertiary/aromatic N) is 1. The van der Waals surface area contributed by atoms with E-state index in [2.05, 4.69) is 22.5 Å². The van der Waals surface area contributed by atoms with Crippen molar-refractivity contribution in [2.45, 2.75) is 33.2 Å². The van der Waals surface area contributed by atoms with E-state index in [9.17, 15) is 4.79 Å². The first kappa shape index (κ1) is 12.5. The van der Waals surface area contributed by atoms with Crippen LogP contribution in [0.4, 0.5) is 0 Å². The van der Waals surface area contributed by atoms with E-state index in [0.29, 0.717) is 5.92 Å². The summed E-state index contributed by atoms with van der Waals surface area (Å²) in [5, 5.41) is 7.37. The highest BCUT2D eigenvalue weighted by molar-refractivity contribution is 7.13. The first-order valence-corrected chi connectivity index (χ1v) is 6.85. The van der Waals surface area contributed by atoms with E-state index in [-0.39, 0.29) is 11.9 Å². The Morgan fingerprint density at radius 2 is 2.29 bits per heavy atom. The Hall–Kier alpha value is -0.940. The normalized spacial score (nSPS) is 24.6. The molecule has 4 nitrogen and oxygen atoms in total. The topological polar surface area (TPSA) is 54.0 Å². The van der Waals surface area contributed by atoms with Gasteiger partial charge in [-0.25, -0.2) is 4.98 Å². The largest absolute Gasteiger partial charge is 0.347 e. The molecule has 2 unspecified atom stereocenters. The van der Waals surface area contributed by atoms with Crippen molar-refractivity contribution in [1.82, 2.24) is 15.6 Å². The van der Waals surface area contributed by atoms with Gasteiger partial charge in [0.25, 0.3) is 5.91 Å². The zero-order valence-electron chi connectivity index (χ0n) is 10.5. The zero-order valence-corrected chi connectivity index (χ0v) is 11.4. The number of amides is 1. The Kier molecular flexibility index (Phi) is 3.79. The van der Waals surface area contributed by atoms with Gasteiger partial charge in [0.2, 0.25) is 0 Å². The molecule has 2 N–H and O–H groups in total. The summed E-state index contributed by atoms with van der Waals surface area (Å²) in [5.74, 6) is 0.558. The second-order valence-electron chi connectivity index (χ2n) is 4.70. The van der Waals surface area contributed by atoms with Crippen molar-refractivity contribution in [2.24, 2.45) is 5.92 Å². The number of nitrogens with one attached hydrogen (secondary N) is 2. The number of hydrogen-bond acceptors (Lipinski definition) is 4. The molecular weight excluding hydrogens is 234 g/mol. The summed E-state index contributed by atoms with van der Waals surface area (Å²) in [6.07, 6.45) is 1.12. The lowest BCUT2D eigenvalue weighted by Crippen LogP contribution is -2.50. The van der Waals surface area contributed by atoms with Crippen LogP contribution in [0.2, 0.25) is 0 Å². The molecule has 0 bridgehead atoms. The van der Waals surface area contributed by atoms with Gasteiger partial charge in [-0.2, -0.15) is 0 Å². The van der Waals surface area contributed by atoms with E-state index < -0.39 is 0 Å². The molecular formula is C12H19N3OS. The Balaban J connectivity index is 2.03. The summed E-state index contributed by atoms with van der Waals surface area (Å²) in [7, 11) is 0. The highest BCUT2D eigenvalue weighted by atomic mass is 32.1. The van der Waals surface area contributed by atoms with Crippen molar-refractivity contribution in [1.29, 1.82) is 0 Å². The molecule has 5 heteroatoms. The molecule has 1 amide bonds. The minimum atomic E-state index is 0.0219. The summed E-state index contributed by atoms with van der Waals surface area (Å²) in [4.78, 5) is 17.2. The van der Waals surface area contributed by atoms with Gasteiger partial charge in [0.1, 0.15) is 4.88 Å². The predicted octanol–water partition coefficient (Wildman–Crippen LogP) is 1.49. The minimum Gasteiger partial charge on any atom is -0.347 e. The number of aromatic nitrogens is 1. The SMILES string of the molecule is Cc1nc(C)c(C(=O)NC2CNCCC2C)s1. The monoisotopic (exact) mass is 253 g/mol. The first-order chi connectivity index (χ1) is 8.08. The van der Waals surface area contributed by atoms with Gasteiger partial charge < -0.3 is 10.6 Å². The fourth-order valence-electron chi connectivity index (χ4n) is 2.16. The Morgan fingerprint density at radius 3 is 2.88 bits per heavy atom. The lowest BCUT2D eigenvalue weighted by molar-refractivity contribution is 0.0918. The molecule has 0 aliphatic carbocycles. The van der Waals surface area contributed by atoms with Gasteiger partial charge in [-0.15, -0.1) is 11.3 Å². The summed E-state index contributed by atoms with van der Waals surface area (Å²) >= 11 is 1.47. The minimum absolute atomic E-state index is 0.0219. The van der Waals surface area contributed by atoms with E-state index in [1.54, 1.807) is 0 Å². The van der Waals surface area contributed by atoms with Gasteiger partial charge in [0.05, 0.1) is 10.7 Å². The van der Waals surface area contributed by atoms with Crippen molar-refractivity contribution < 1.29 is 4.79 Å². The number of carbonyl (C=O) groups excluding carboxylic acids is 1. The maximum Gasteiger partial charge on any atom is 0.263 e. The van der Waals surface area contributed by atoms with Gasteiger partial charge in [0.15, 0.2) is 0 Å².